The zero-order chi connectivity index (χ0) is 14.6. The molecule has 0 aliphatic heterocycles. The van der Waals surface area contributed by atoms with E-state index in [1.807, 2.05) is 0 Å². The van der Waals surface area contributed by atoms with Crippen molar-refractivity contribution in [1.29, 1.82) is 0 Å². The monoisotopic (exact) mass is 376 g/mol. The van der Waals surface area contributed by atoms with Crippen LogP contribution in [0.5, 0.6) is 0 Å². The number of carboxylic acids is 1. The predicted octanol–water partition coefficient (Wildman–Crippen LogP) is 4.44. The number of carboxylic acid groups (broad SMARTS) is 1. The second-order valence-corrected chi connectivity index (χ2v) is 6.60. The van der Waals surface area contributed by atoms with Gasteiger partial charge >= 0.3 is 12.1 Å². The van der Waals surface area contributed by atoms with Crippen LogP contribution in [0.4, 0.5) is 13.2 Å². The van der Waals surface area contributed by atoms with Crippen LogP contribution in [0.15, 0.2) is 22.7 Å². The van der Waals surface area contributed by atoms with E-state index in [0.29, 0.717) is 0 Å². The first-order chi connectivity index (χ1) is 8.55. The first-order valence-corrected chi connectivity index (χ1v) is 6.58. The molecule has 0 aromatic heterocycles. The Morgan fingerprint density at radius 3 is 2.32 bits per heavy atom. The van der Waals surface area contributed by atoms with E-state index >= 15 is 0 Å². The van der Waals surface area contributed by atoms with Gasteiger partial charge in [-0.1, -0.05) is 39.1 Å². The van der Waals surface area contributed by atoms with E-state index < -0.39 is 33.9 Å². The molecule has 2 rings (SSSR count). The topological polar surface area (TPSA) is 37.3 Å². The van der Waals surface area contributed by atoms with Gasteiger partial charge in [-0.05, 0) is 23.8 Å². The van der Waals surface area contributed by atoms with Gasteiger partial charge in [-0.25, -0.2) is 0 Å². The average Bonchev–Trinajstić information content (AvgIpc) is 2.79. The summed E-state index contributed by atoms with van der Waals surface area (Å²) in [5.41, 5.74) is -0.726. The van der Waals surface area contributed by atoms with E-state index in [9.17, 15) is 18.0 Å². The molecule has 0 heterocycles. The molecular formula is C11H6BrCl2F3O2. The van der Waals surface area contributed by atoms with Crippen LogP contribution in [-0.4, -0.2) is 15.4 Å². The van der Waals surface area contributed by atoms with Gasteiger partial charge in [0.25, 0.3) is 0 Å². The fraction of sp³-hybridized carbons (Fsp3) is 0.364. The van der Waals surface area contributed by atoms with Gasteiger partial charge in [0, 0.05) is 10.4 Å². The van der Waals surface area contributed by atoms with E-state index in [2.05, 4.69) is 15.9 Å². The van der Waals surface area contributed by atoms with Crippen molar-refractivity contribution in [1.82, 2.24) is 0 Å². The van der Waals surface area contributed by atoms with Gasteiger partial charge in [0.05, 0.1) is 11.5 Å². The van der Waals surface area contributed by atoms with Crippen LogP contribution in [0, 0.1) is 5.92 Å². The SMILES string of the molecule is O=C(O)[C@H]1[C@H](c2cc(Br)cc(C(F)(F)F)c2)C1(Cl)Cl. The lowest BCUT2D eigenvalue weighted by atomic mass is 10.1. The lowest BCUT2D eigenvalue weighted by Gasteiger charge is -2.10. The highest BCUT2D eigenvalue weighted by Crippen LogP contribution is 2.65. The van der Waals surface area contributed by atoms with Gasteiger partial charge in [-0.15, -0.1) is 0 Å². The minimum absolute atomic E-state index is 0.152. The number of halogens is 6. The number of rotatable bonds is 2. The van der Waals surface area contributed by atoms with Crippen LogP contribution in [0.2, 0.25) is 0 Å². The molecule has 1 aromatic carbocycles. The third kappa shape index (κ3) is 2.71. The van der Waals surface area contributed by atoms with Gasteiger partial charge < -0.3 is 5.11 Å². The maximum Gasteiger partial charge on any atom is 0.416 e. The number of aliphatic carboxylic acids is 1. The van der Waals surface area contributed by atoms with Gasteiger partial charge in [-0.2, -0.15) is 13.2 Å². The molecule has 1 saturated carbocycles. The van der Waals surface area contributed by atoms with Crippen LogP contribution >= 0.6 is 39.1 Å². The Labute approximate surface area is 124 Å². The molecule has 1 aliphatic rings. The van der Waals surface area contributed by atoms with Gasteiger partial charge in [0.15, 0.2) is 0 Å². The summed E-state index contributed by atoms with van der Waals surface area (Å²) >= 11 is 14.6. The summed E-state index contributed by atoms with van der Waals surface area (Å²) in [6, 6.07) is 3.17. The molecule has 1 N–H and O–H groups in total. The second kappa shape index (κ2) is 4.53. The molecule has 1 fully saturated rings. The number of benzene rings is 1. The summed E-state index contributed by atoms with van der Waals surface area (Å²) in [5.74, 6) is -3.19. The summed E-state index contributed by atoms with van der Waals surface area (Å²) < 4.78 is 36.6. The van der Waals surface area contributed by atoms with Crippen molar-refractivity contribution >= 4 is 45.1 Å². The van der Waals surface area contributed by atoms with E-state index in [0.717, 1.165) is 12.1 Å². The van der Waals surface area contributed by atoms with E-state index in [1.165, 1.54) is 6.07 Å². The van der Waals surface area contributed by atoms with Crippen molar-refractivity contribution in [3.05, 3.63) is 33.8 Å². The standard InChI is InChI=1S/C11H6BrCl2F3O2/c12-6-2-4(1-5(3-6)11(15,16)17)7-8(9(18)19)10(7,13)14/h1-3,7-8H,(H,18,19)/t7-,8+/m0/s1. The first kappa shape index (κ1) is 14.9. The maximum atomic E-state index is 12.7. The summed E-state index contributed by atoms with van der Waals surface area (Å²) in [7, 11) is 0. The largest absolute Gasteiger partial charge is 0.481 e. The van der Waals surface area contributed by atoms with E-state index in [4.69, 9.17) is 28.3 Å². The molecule has 0 amide bonds. The molecule has 1 aliphatic carbocycles. The molecular weight excluding hydrogens is 372 g/mol. The Balaban J connectivity index is 2.43. The van der Waals surface area contributed by atoms with Crippen molar-refractivity contribution in [3.63, 3.8) is 0 Å². The van der Waals surface area contributed by atoms with Gasteiger partial charge in [-0.3, -0.25) is 4.79 Å². The lowest BCUT2D eigenvalue weighted by molar-refractivity contribution is -0.138. The van der Waals surface area contributed by atoms with E-state index in [-0.39, 0.29) is 10.0 Å². The molecule has 104 valence electrons. The fourth-order valence-corrected chi connectivity index (χ4v) is 3.33. The van der Waals surface area contributed by atoms with Crippen LogP contribution in [0.3, 0.4) is 0 Å². The first-order valence-electron chi connectivity index (χ1n) is 5.03. The molecule has 19 heavy (non-hydrogen) atoms. The van der Waals surface area contributed by atoms with Crippen molar-refractivity contribution in [2.45, 2.75) is 16.4 Å². The molecule has 0 saturated heterocycles. The summed E-state index contributed by atoms with van der Waals surface area (Å²) in [4.78, 5) is 10.9. The highest BCUT2D eigenvalue weighted by molar-refractivity contribution is 9.10. The Bertz CT molecular complexity index is 545. The van der Waals surface area contributed by atoms with Crippen molar-refractivity contribution in [2.75, 3.05) is 0 Å². The smallest absolute Gasteiger partial charge is 0.416 e. The highest BCUT2D eigenvalue weighted by atomic mass is 79.9. The summed E-state index contributed by atoms with van der Waals surface area (Å²) in [5, 5.41) is 8.92. The zero-order valence-corrected chi connectivity index (χ0v) is 12.1. The number of carbonyl (C=O) groups is 1. The van der Waals surface area contributed by atoms with E-state index in [1.54, 1.807) is 0 Å². The summed E-state index contributed by atoms with van der Waals surface area (Å²) in [6.07, 6.45) is -4.52. The Morgan fingerprint density at radius 2 is 1.89 bits per heavy atom. The quantitative estimate of drug-likeness (QED) is 0.773. The maximum absolute atomic E-state index is 12.7. The van der Waals surface area contributed by atoms with Crippen molar-refractivity contribution in [3.8, 4) is 0 Å². The van der Waals surface area contributed by atoms with Gasteiger partial charge in [0.1, 0.15) is 4.33 Å². The number of alkyl halides is 5. The molecule has 0 unspecified atom stereocenters. The molecule has 0 radical (unpaired) electrons. The van der Waals surface area contributed by atoms with Crippen molar-refractivity contribution in [2.24, 2.45) is 5.92 Å². The third-order valence-corrected chi connectivity index (χ3v) is 4.32. The van der Waals surface area contributed by atoms with Crippen LogP contribution < -0.4 is 0 Å². The molecule has 1 aromatic rings. The Hall–Kier alpha value is -0.460. The van der Waals surface area contributed by atoms with Gasteiger partial charge in [0.2, 0.25) is 0 Å². The van der Waals surface area contributed by atoms with Crippen LogP contribution in [-0.2, 0) is 11.0 Å². The molecule has 0 spiro atoms. The number of hydrogen-bond acceptors (Lipinski definition) is 1. The van der Waals surface area contributed by atoms with Crippen molar-refractivity contribution < 1.29 is 23.1 Å². The van der Waals surface area contributed by atoms with Crippen LogP contribution in [0.25, 0.3) is 0 Å². The average molecular weight is 378 g/mol. The molecule has 2 nitrogen and oxygen atoms in total. The molecule has 8 heteroatoms. The third-order valence-electron chi connectivity index (χ3n) is 2.93. The Kier molecular flexibility index (Phi) is 3.56. The fourth-order valence-electron chi connectivity index (χ4n) is 2.00. The second-order valence-electron chi connectivity index (χ2n) is 4.24. The lowest BCUT2D eigenvalue weighted by Crippen LogP contribution is -2.06. The predicted molar refractivity (Wildman–Crippen MR) is 67.4 cm³/mol. The van der Waals surface area contributed by atoms with Crippen LogP contribution in [0.1, 0.15) is 17.0 Å². The minimum atomic E-state index is -4.52. The summed E-state index contributed by atoms with van der Waals surface area (Å²) in [6.45, 7) is 0. The Morgan fingerprint density at radius 1 is 1.32 bits per heavy atom. The normalized spacial score (nSPS) is 25.2. The minimum Gasteiger partial charge on any atom is -0.481 e. The molecule has 2 atom stereocenters. The number of hydrogen-bond donors (Lipinski definition) is 1. The highest BCUT2D eigenvalue weighted by Gasteiger charge is 2.68. The molecule has 0 bridgehead atoms. The zero-order valence-electron chi connectivity index (χ0n) is 9.01.